The molecule has 0 radical (unpaired) electrons. The van der Waals surface area contributed by atoms with E-state index < -0.39 is 0 Å². The van der Waals surface area contributed by atoms with Gasteiger partial charge in [-0.15, -0.1) is 0 Å². The number of hydrogen-bond donors (Lipinski definition) is 1. The quantitative estimate of drug-likeness (QED) is 0.718. The predicted octanol–water partition coefficient (Wildman–Crippen LogP) is 2.43. The second-order valence-corrected chi connectivity index (χ2v) is 5.76. The van der Waals surface area contributed by atoms with Gasteiger partial charge in [0.05, 0.1) is 11.3 Å². The molecule has 3 nitrogen and oxygen atoms in total. The highest BCUT2D eigenvalue weighted by Crippen LogP contribution is 2.33. The van der Waals surface area contributed by atoms with Crippen LogP contribution < -0.4 is 5.73 Å². The molecule has 1 aromatic heterocycles. The van der Waals surface area contributed by atoms with Gasteiger partial charge in [-0.25, -0.2) is 4.98 Å². The van der Waals surface area contributed by atoms with E-state index in [-0.39, 0.29) is 4.75 Å². The van der Waals surface area contributed by atoms with E-state index in [4.69, 9.17) is 11.0 Å². The SMILES string of the molecule is CC(C)(C)Sc1ncc(C#N)cc1N. The summed E-state index contributed by atoms with van der Waals surface area (Å²) in [5.74, 6) is 0. The van der Waals surface area contributed by atoms with Crippen molar-refractivity contribution in [2.45, 2.75) is 30.5 Å². The fraction of sp³-hybridized carbons (Fsp3) is 0.400. The summed E-state index contributed by atoms with van der Waals surface area (Å²) in [7, 11) is 0. The Morgan fingerprint density at radius 2 is 2.14 bits per heavy atom. The second-order valence-electron chi connectivity index (χ2n) is 3.94. The lowest BCUT2D eigenvalue weighted by atomic mass is 10.3. The first-order valence-electron chi connectivity index (χ1n) is 4.27. The lowest BCUT2D eigenvalue weighted by Gasteiger charge is -2.17. The topological polar surface area (TPSA) is 62.7 Å². The van der Waals surface area contributed by atoms with Gasteiger partial charge in [0.2, 0.25) is 0 Å². The van der Waals surface area contributed by atoms with E-state index in [9.17, 15) is 0 Å². The molecule has 0 spiro atoms. The third-order valence-corrected chi connectivity index (χ3v) is 2.56. The first-order valence-corrected chi connectivity index (χ1v) is 5.08. The number of aromatic nitrogens is 1. The van der Waals surface area contributed by atoms with Crippen molar-refractivity contribution in [3.63, 3.8) is 0 Å². The van der Waals surface area contributed by atoms with Crippen LogP contribution in [0.3, 0.4) is 0 Å². The van der Waals surface area contributed by atoms with Gasteiger partial charge < -0.3 is 5.73 Å². The average Bonchev–Trinajstić information content (AvgIpc) is 2.06. The Labute approximate surface area is 88.3 Å². The molecular formula is C10H13N3S. The fourth-order valence-electron chi connectivity index (χ4n) is 0.906. The highest BCUT2D eigenvalue weighted by atomic mass is 32.2. The number of thioether (sulfide) groups is 1. The minimum atomic E-state index is 0.0787. The van der Waals surface area contributed by atoms with Crippen LogP contribution in [0.1, 0.15) is 26.3 Å². The molecule has 0 aliphatic rings. The highest BCUT2D eigenvalue weighted by molar-refractivity contribution is 8.00. The summed E-state index contributed by atoms with van der Waals surface area (Å²) in [6.45, 7) is 6.28. The zero-order valence-electron chi connectivity index (χ0n) is 8.53. The maximum Gasteiger partial charge on any atom is 0.120 e. The number of anilines is 1. The van der Waals surface area contributed by atoms with Crippen molar-refractivity contribution in [2.24, 2.45) is 0 Å². The molecule has 0 aliphatic carbocycles. The summed E-state index contributed by atoms with van der Waals surface area (Å²) in [4.78, 5) is 4.15. The molecule has 14 heavy (non-hydrogen) atoms. The van der Waals surface area contributed by atoms with Crippen LogP contribution in [0, 0.1) is 11.3 Å². The standard InChI is InChI=1S/C10H13N3S/c1-10(2,3)14-9-8(12)4-7(5-11)6-13-9/h4,6H,12H2,1-3H3. The van der Waals surface area contributed by atoms with Gasteiger partial charge in [-0.3, -0.25) is 0 Å². The van der Waals surface area contributed by atoms with Crippen LogP contribution in [0.5, 0.6) is 0 Å². The molecule has 1 heterocycles. The number of rotatable bonds is 1. The van der Waals surface area contributed by atoms with Gasteiger partial charge in [-0.2, -0.15) is 5.26 Å². The van der Waals surface area contributed by atoms with Crippen LogP contribution in [-0.2, 0) is 0 Å². The molecule has 0 aromatic carbocycles. The molecule has 0 unspecified atom stereocenters. The minimum Gasteiger partial charge on any atom is -0.397 e. The van der Waals surface area contributed by atoms with Crippen LogP contribution in [0.15, 0.2) is 17.3 Å². The molecule has 0 amide bonds. The third kappa shape index (κ3) is 2.93. The van der Waals surface area contributed by atoms with E-state index in [1.165, 1.54) is 0 Å². The highest BCUT2D eigenvalue weighted by Gasteiger charge is 2.15. The van der Waals surface area contributed by atoms with Gasteiger partial charge in [0.15, 0.2) is 0 Å². The van der Waals surface area contributed by atoms with Crippen molar-refractivity contribution in [1.82, 2.24) is 4.98 Å². The molecule has 0 saturated carbocycles. The summed E-state index contributed by atoms with van der Waals surface area (Å²) < 4.78 is 0.0787. The Bertz CT molecular complexity index is 374. The van der Waals surface area contributed by atoms with E-state index in [1.807, 2.05) is 6.07 Å². The summed E-state index contributed by atoms with van der Waals surface area (Å²) in [5, 5.41) is 9.42. The molecule has 1 aromatic rings. The summed E-state index contributed by atoms with van der Waals surface area (Å²) in [6.07, 6.45) is 1.55. The van der Waals surface area contributed by atoms with Crippen LogP contribution in [0.25, 0.3) is 0 Å². The van der Waals surface area contributed by atoms with Gasteiger partial charge in [0, 0.05) is 10.9 Å². The van der Waals surface area contributed by atoms with E-state index in [1.54, 1.807) is 24.0 Å². The van der Waals surface area contributed by atoms with Crippen LogP contribution >= 0.6 is 11.8 Å². The molecule has 74 valence electrons. The van der Waals surface area contributed by atoms with Gasteiger partial charge >= 0.3 is 0 Å². The zero-order valence-corrected chi connectivity index (χ0v) is 9.35. The molecular weight excluding hydrogens is 194 g/mol. The largest absolute Gasteiger partial charge is 0.397 e. The van der Waals surface area contributed by atoms with Crippen molar-refractivity contribution in [2.75, 3.05) is 5.73 Å². The van der Waals surface area contributed by atoms with E-state index >= 15 is 0 Å². The molecule has 0 bridgehead atoms. The number of hydrogen-bond acceptors (Lipinski definition) is 4. The molecule has 1 rings (SSSR count). The van der Waals surface area contributed by atoms with E-state index in [0.29, 0.717) is 11.3 Å². The maximum atomic E-state index is 8.63. The predicted molar refractivity (Wildman–Crippen MR) is 59.0 cm³/mol. The molecule has 4 heteroatoms. The molecule has 2 N–H and O–H groups in total. The van der Waals surface area contributed by atoms with E-state index in [0.717, 1.165) is 5.03 Å². The van der Waals surface area contributed by atoms with Crippen LogP contribution in [-0.4, -0.2) is 9.73 Å². The maximum absolute atomic E-state index is 8.63. The Morgan fingerprint density at radius 3 is 2.57 bits per heavy atom. The average molecular weight is 207 g/mol. The van der Waals surface area contributed by atoms with Gasteiger partial charge in [-0.05, 0) is 6.07 Å². The second kappa shape index (κ2) is 3.89. The van der Waals surface area contributed by atoms with Gasteiger partial charge in [0.1, 0.15) is 11.1 Å². The fourth-order valence-corrected chi connectivity index (χ4v) is 1.77. The monoisotopic (exact) mass is 207 g/mol. The number of pyridine rings is 1. The minimum absolute atomic E-state index is 0.0787. The van der Waals surface area contributed by atoms with Crippen molar-refractivity contribution >= 4 is 17.4 Å². The normalized spacial score (nSPS) is 11.0. The third-order valence-electron chi connectivity index (χ3n) is 1.41. The Morgan fingerprint density at radius 1 is 1.50 bits per heavy atom. The van der Waals surface area contributed by atoms with Crippen molar-refractivity contribution in [3.05, 3.63) is 17.8 Å². The molecule has 0 fully saturated rings. The van der Waals surface area contributed by atoms with Crippen molar-refractivity contribution in [3.8, 4) is 6.07 Å². The Kier molecular flexibility index (Phi) is 3.02. The molecule has 0 aliphatic heterocycles. The lowest BCUT2D eigenvalue weighted by Crippen LogP contribution is -2.08. The number of nitrogens with zero attached hydrogens (tertiary/aromatic N) is 2. The zero-order chi connectivity index (χ0) is 10.8. The number of nitrogen functional groups attached to an aromatic ring is 1. The lowest BCUT2D eigenvalue weighted by molar-refractivity contribution is 0.799. The smallest absolute Gasteiger partial charge is 0.120 e. The van der Waals surface area contributed by atoms with Crippen LogP contribution in [0.2, 0.25) is 0 Å². The summed E-state index contributed by atoms with van der Waals surface area (Å²) in [5.41, 5.74) is 6.84. The molecule has 0 saturated heterocycles. The molecule has 0 atom stereocenters. The number of nitrogens with two attached hydrogens (primary N) is 1. The van der Waals surface area contributed by atoms with Gasteiger partial charge in [-0.1, -0.05) is 32.5 Å². The summed E-state index contributed by atoms with van der Waals surface area (Å²) >= 11 is 1.60. The Balaban J connectivity index is 2.97. The number of nitriles is 1. The van der Waals surface area contributed by atoms with E-state index in [2.05, 4.69) is 25.8 Å². The van der Waals surface area contributed by atoms with Crippen molar-refractivity contribution in [1.29, 1.82) is 5.26 Å². The summed E-state index contributed by atoms with van der Waals surface area (Å²) in [6, 6.07) is 3.66. The first-order chi connectivity index (χ1) is 6.42. The van der Waals surface area contributed by atoms with Gasteiger partial charge in [0.25, 0.3) is 0 Å². The van der Waals surface area contributed by atoms with Crippen molar-refractivity contribution < 1.29 is 0 Å². The first kappa shape index (κ1) is 10.9. The Hall–Kier alpha value is -1.21. The van der Waals surface area contributed by atoms with Crippen LogP contribution in [0.4, 0.5) is 5.69 Å².